The number of nitrogens with one attached hydrogen (secondary N) is 2. The number of hydrogen-bond donors (Lipinski definition) is 2. The lowest BCUT2D eigenvalue weighted by Crippen LogP contribution is -2.54. The van der Waals surface area contributed by atoms with Gasteiger partial charge in [0.25, 0.3) is 0 Å². The van der Waals surface area contributed by atoms with E-state index in [1.807, 2.05) is 66.9 Å². The van der Waals surface area contributed by atoms with E-state index in [-0.39, 0.29) is 12.6 Å². The average molecular weight is 410 g/mol. The van der Waals surface area contributed by atoms with Crippen molar-refractivity contribution in [3.63, 3.8) is 0 Å². The first kappa shape index (κ1) is 18.2. The van der Waals surface area contributed by atoms with E-state index >= 15 is 0 Å². The summed E-state index contributed by atoms with van der Waals surface area (Å²) in [6.45, 7) is 0.913. The van der Waals surface area contributed by atoms with Gasteiger partial charge in [0.2, 0.25) is 6.79 Å². The van der Waals surface area contributed by atoms with Crippen LogP contribution in [0.25, 0.3) is 10.9 Å². The number of carbonyl (C=O) groups is 1. The largest absolute Gasteiger partial charge is 0.454 e. The molecule has 5 nitrogen and oxygen atoms in total. The van der Waals surface area contributed by atoms with E-state index in [4.69, 9.17) is 9.47 Å². The lowest BCUT2D eigenvalue weighted by Gasteiger charge is -2.39. The third-order valence-electron chi connectivity index (χ3n) is 6.41. The van der Waals surface area contributed by atoms with Gasteiger partial charge in [-0.3, -0.25) is 10.1 Å². The summed E-state index contributed by atoms with van der Waals surface area (Å²) < 4.78 is 11.3. The number of hydrogen-bond acceptors (Lipinski definition) is 4. The van der Waals surface area contributed by atoms with Crippen molar-refractivity contribution >= 4 is 16.7 Å². The molecule has 3 aromatic carbocycles. The monoisotopic (exact) mass is 410 g/mol. The van der Waals surface area contributed by atoms with E-state index < -0.39 is 5.54 Å². The van der Waals surface area contributed by atoms with Gasteiger partial charge in [0.05, 0.1) is 0 Å². The minimum absolute atomic E-state index is 0.114. The molecule has 0 aliphatic carbocycles. The second kappa shape index (κ2) is 7.00. The predicted octanol–water partition coefficient (Wildman–Crippen LogP) is 4.10. The van der Waals surface area contributed by atoms with Crippen molar-refractivity contribution < 1.29 is 14.3 Å². The molecule has 0 amide bonds. The lowest BCUT2D eigenvalue weighted by molar-refractivity contribution is -0.123. The zero-order chi connectivity index (χ0) is 20.8. The van der Waals surface area contributed by atoms with E-state index in [1.165, 1.54) is 0 Å². The normalized spacial score (nSPS) is 19.4. The molecule has 154 valence electrons. The fraction of sp³-hybridized carbons (Fsp3) is 0.192. The van der Waals surface area contributed by atoms with Gasteiger partial charge in [-0.2, -0.15) is 0 Å². The van der Waals surface area contributed by atoms with Gasteiger partial charge in [-0.25, -0.2) is 0 Å². The van der Waals surface area contributed by atoms with Gasteiger partial charge in [-0.15, -0.1) is 0 Å². The highest BCUT2D eigenvalue weighted by molar-refractivity contribution is 6.00. The van der Waals surface area contributed by atoms with E-state index in [0.717, 1.165) is 45.3 Å². The molecule has 2 N–H and O–H groups in total. The van der Waals surface area contributed by atoms with E-state index in [1.54, 1.807) is 0 Å². The summed E-state index contributed by atoms with van der Waals surface area (Å²) in [4.78, 5) is 17.5. The Morgan fingerprint density at radius 2 is 1.71 bits per heavy atom. The Morgan fingerprint density at radius 3 is 2.58 bits per heavy atom. The molecular formula is C26H22N2O3. The maximum Gasteiger partial charge on any atom is 0.231 e. The fourth-order valence-electron chi connectivity index (χ4n) is 4.95. The Labute approximate surface area is 180 Å². The zero-order valence-electron chi connectivity index (χ0n) is 17.0. The summed E-state index contributed by atoms with van der Waals surface area (Å²) in [6.07, 6.45) is 3.14. The number of ketones is 1. The molecule has 0 saturated heterocycles. The topological polar surface area (TPSA) is 63.4 Å². The number of carbonyl (C=O) groups excluding carboxylic acids is 1. The van der Waals surface area contributed by atoms with Gasteiger partial charge in [-0.05, 0) is 41.3 Å². The van der Waals surface area contributed by atoms with Crippen molar-refractivity contribution in [1.82, 2.24) is 10.3 Å². The number of rotatable bonds is 4. The van der Waals surface area contributed by atoms with E-state index in [9.17, 15) is 4.79 Å². The standard InChI is InChI=1S/C26H22N2O3/c29-25(12-17-6-2-1-3-7-17)26(21-15-27-22-9-5-4-8-19(21)22)20-14-24-23(30-16-31-24)13-18(20)10-11-28-26/h1-9,13-15,27-28H,10-12,16H2. The first-order valence-corrected chi connectivity index (χ1v) is 10.6. The fourth-order valence-corrected chi connectivity index (χ4v) is 4.95. The molecule has 0 bridgehead atoms. The van der Waals surface area contributed by atoms with E-state index in [2.05, 4.69) is 16.4 Å². The Bertz CT molecular complexity index is 1290. The van der Waals surface area contributed by atoms with Crippen LogP contribution in [0.2, 0.25) is 0 Å². The van der Waals surface area contributed by atoms with Crippen LogP contribution in [0.3, 0.4) is 0 Å². The number of aromatic nitrogens is 1. The van der Waals surface area contributed by atoms with Crippen LogP contribution in [0, 0.1) is 0 Å². The Kier molecular flexibility index (Phi) is 4.11. The molecule has 1 unspecified atom stereocenters. The number of benzene rings is 3. The number of ether oxygens (including phenoxy) is 2. The van der Waals surface area contributed by atoms with Gasteiger partial charge in [0.15, 0.2) is 17.3 Å². The van der Waals surface area contributed by atoms with Crippen LogP contribution in [0.15, 0.2) is 72.9 Å². The number of Topliss-reactive ketones (excluding diaryl/α,β-unsaturated/α-hetero) is 1. The Morgan fingerprint density at radius 1 is 0.935 bits per heavy atom. The quantitative estimate of drug-likeness (QED) is 0.532. The van der Waals surface area contributed by atoms with Crippen molar-refractivity contribution in [3.05, 3.63) is 95.2 Å². The highest BCUT2D eigenvalue weighted by atomic mass is 16.7. The number of aromatic amines is 1. The Balaban J connectivity index is 1.59. The molecule has 0 fully saturated rings. The van der Waals surface area contributed by atoms with Gasteiger partial charge in [0.1, 0.15) is 5.54 Å². The van der Waals surface area contributed by atoms with Crippen LogP contribution in [0.4, 0.5) is 0 Å². The summed E-state index contributed by atoms with van der Waals surface area (Å²) in [7, 11) is 0. The number of fused-ring (bicyclic) bond motifs is 3. The highest BCUT2D eigenvalue weighted by Gasteiger charge is 2.46. The molecule has 2 aliphatic rings. The van der Waals surface area contributed by atoms with Gasteiger partial charge < -0.3 is 14.5 Å². The summed E-state index contributed by atoms with van der Waals surface area (Å²) in [5.74, 6) is 1.56. The molecule has 0 radical (unpaired) electrons. The third-order valence-corrected chi connectivity index (χ3v) is 6.41. The summed E-state index contributed by atoms with van der Waals surface area (Å²) in [5.41, 5.74) is 4.07. The molecular weight excluding hydrogens is 388 g/mol. The number of para-hydroxylation sites is 1. The summed E-state index contributed by atoms with van der Waals surface area (Å²) in [5, 5.41) is 4.67. The zero-order valence-corrected chi connectivity index (χ0v) is 17.0. The van der Waals surface area contributed by atoms with Crippen LogP contribution in [-0.2, 0) is 23.2 Å². The van der Waals surface area contributed by atoms with Crippen LogP contribution in [0.1, 0.15) is 22.3 Å². The summed E-state index contributed by atoms with van der Waals surface area (Å²) >= 11 is 0. The molecule has 4 aromatic rings. The van der Waals surface area contributed by atoms with Crippen LogP contribution < -0.4 is 14.8 Å². The molecule has 1 atom stereocenters. The first-order valence-electron chi connectivity index (χ1n) is 10.6. The second-order valence-electron chi connectivity index (χ2n) is 8.12. The van der Waals surface area contributed by atoms with Crippen LogP contribution in [0.5, 0.6) is 11.5 Å². The minimum atomic E-state index is -0.968. The van der Waals surface area contributed by atoms with Crippen molar-refractivity contribution in [2.45, 2.75) is 18.4 Å². The minimum Gasteiger partial charge on any atom is -0.454 e. The SMILES string of the molecule is O=C(Cc1ccccc1)C1(c2c[nH]c3ccccc23)NCCc2cc3c(cc21)OCO3. The molecule has 0 saturated carbocycles. The number of H-pyrrole nitrogens is 1. The van der Waals surface area contributed by atoms with E-state index in [0.29, 0.717) is 18.7 Å². The average Bonchev–Trinajstić information content (AvgIpc) is 3.44. The lowest BCUT2D eigenvalue weighted by atomic mass is 9.73. The second-order valence-corrected chi connectivity index (χ2v) is 8.12. The van der Waals surface area contributed by atoms with Crippen molar-refractivity contribution in [3.8, 4) is 11.5 Å². The first-order chi connectivity index (χ1) is 15.3. The molecule has 3 heterocycles. The highest BCUT2D eigenvalue weighted by Crippen LogP contribution is 2.45. The predicted molar refractivity (Wildman–Crippen MR) is 119 cm³/mol. The summed E-state index contributed by atoms with van der Waals surface area (Å²) in [6, 6.07) is 22.1. The van der Waals surface area contributed by atoms with Crippen molar-refractivity contribution in [2.24, 2.45) is 0 Å². The third kappa shape index (κ3) is 2.77. The molecule has 6 rings (SSSR count). The molecule has 1 aromatic heterocycles. The molecule has 2 aliphatic heterocycles. The Hall–Kier alpha value is -3.57. The van der Waals surface area contributed by atoms with Gasteiger partial charge in [-0.1, -0.05) is 48.5 Å². The smallest absolute Gasteiger partial charge is 0.231 e. The van der Waals surface area contributed by atoms with Crippen molar-refractivity contribution in [2.75, 3.05) is 13.3 Å². The van der Waals surface area contributed by atoms with Crippen LogP contribution >= 0.6 is 0 Å². The maximum atomic E-state index is 14.1. The van der Waals surface area contributed by atoms with Gasteiger partial charge in [0, 0.05) is 35.6 Å². The molecule has 0 spiro atoms. The maximum absolute atomic E-state index is 14.1. The van der Waals surface area contributed by atoms with Crippen LogP contribution in [-0.4, -0.2) is 24.1 Å². The molecule has 5 heteroatoms. The molecule has 31 heavy (non-hydrogen) atoms. The van der Waals surface area contributed by atoms with Gasteiger partial charge >= 0.3 is 0 Å². The van der Waals surface area contributed by atoms with Crippen molar-refractivity contribution in [1.29, 1.82) is 0 Å².